The van der Waals surface area contributed by atoms with E-state index in [1.807, 2.05) is 60.6 Å². The van der Waals surface area contributed by atoms with Crippen LogP contribution in [0, 0.1) is 0 Å². The molecule has 2 nitrogen and oxygen atoms in total. The first-order valence-corrected chi connectivity index (χ1v) is 6.76. The molecule has 0 fully saturated rings. The quantitative estimate of drug-likeness (QED) is 0.585. The zero-order chi connectivity index (χ0) is 15.4. The van der Waals surface area contributed by atoms with E-state index in [1.54, 1.807) is 21.3 Å². The summed E-state index contributed by atoms with van der Waals surface area (Å²) in [7, 11) is 1.57. The molecule has 0 aromatic rings. The van der Waals surface area contributed by atoms with Gasteiger partial charge in [0.15, 0.2) is 0 Å². The van der Waals surface area contributed by atoms with Crippen LogP contribution in [0.2, 0.25) is 0 Å². The van der Waals surface area contributed by atoms with E-state index in [4.69, 9.17) is 4.65 Å². The second-order valence-electron chi connectivity index (χ2n) is 4.38. The Kier molecular flexibility index (Phi) is 14.5. The SMILES string of the molecule is C=C([B]OC(C)(C)C(C)(C)O)/C=C\C.CC.CC. The largest absolute Gasteiger partial charge is 0.427 e. The van der Waals surface area contributed by atoms with E-state index in [9.17, 15) is 5.11 Å². The topological polar surface area (TPSA) is 29.5 Å². The van der Waals surface area contributed by atoms with Gasteiger partial charge in [0.1, 0.15) is 0 Å². The van der Waals surface area contributed by atoms with Crippen LogP contribution in [0.5, 0.6) is 0 Å². The molecular weight excluding hydrogens is 223 g/mol. The van der Waals surface area contributed by atoms with Gasteiger partial charge in [0, 0.05) is 0 Å². The zero-order valence-electron chi connectivity index (χ0n) is 13.8. The molecule has 3 heteroatoms. The Bertz CT molecular complexity index is 225. The smallest absolute Gasteiger partial charge is 0.330 e. The van der Waals surface area contributed by atoms with Crippen molar-refractivity contribution in [2.24, 2.45) is 0 Å². The second-order valence-corrected chi connectivity index (χ2v) is 4.38. The molecule has 18 heavy (non-hydrogen) atoms. The van der Waals surface area contributed by atoms with Crippen molar-refractivity contribution in [3.05, 3.63) is 24.2 Å². The molecule has 0 rings (SSSR count). The third kappa shape index (κ3) is 10.6. The molecule has 0 aliphatic heterocycles. The molecule has 0 heterocycles. The Morgan fingerprint density at radius 3 is 1.78 bits per heavy atom. The van der Waals surface area contributed by atoms with Crippen LogP contribution in [0.15, 0.2) is 24.2 Å². The molecule has 0 aromatic heterocycles. The van der Waals surface area contributed by atoms with Gasteiger partial charge in [-0.05, 0) is 34.6 Å². The summed E-state index contributed by atoms with van der Waals surface area (Å²) in [5.41, 5.74) is -0.734. The molecule has 1 radical (unpaired) electrons. The van der Waals surface area contributed by atoms with Crippen molar-refractivity contribution in [2.75, 3.05) is 0 Å². The van der Waals surface area contributed by atoms with Crippen molar-refractivity contribution in [1.29, 1.82) is 0 Å². The Balaban J connectivity index is -0.000000506. The highest BCUT2D eigenvalue weighted by Crippen LogP contribution is 2.24. The first kappa shape index (κ1) is 22.6. The number of hydrogen-bond donors (Lipinski definition) is 1. The number of hydrogen-bond acceptors (Lipinski definition) is 2. The highest BCUT2D eigenvalue weighted by atomic mass is 16.5. The molecular formula is C15H32BO2. The fourth-order valence-corrected chi connectivity index (χ4v) is 0.621. The number of aliphatic hydroxyl groups is 1. The predicted octanol–water partition coefficient (Wildman–Crippen LogP) is 4.31. The van der Waals surface area contributed by atoms with E-state index < -0.39 is 11.2 Å². The molecule has 0 amide bonds. The van der Waals surface area contributed by atoms with Crippen LogP contribution < -0.4 is 0 Å². The van der Waals surface area contributed by atoms with Gasteiger partial charge in [-0.3, -0.25) is 0 Å². The lowest BCUT2D eigenvalue weighted by Gasteiger charge is -2.37. The van der Waals surface area contributed by atoms with Gasteiger partial charge in [-0.15, -0.1) is 6.58 Å². The molecule has 0 unspecified atom stereocenters. The summed E-state index contributed by atoms with van der Waals surface area (Å²) in [6.45, 7) is 20.8. The van der Waals surface area contributed by atoms with Gasteiger partial charge in [-0.2, -0.15) is 0 Å². The second kappa shape index (κ2) is 11.5. The fourth-order valence-electron chi connectivity index (χ4n) is 0.621. The number of rotatable bonds is 5. The van der Waals surface area contributed by atoms with Crippen molar-refractivity contribution in [1.82, 2.24) is 0 Å². The molecule has 0 bridgehead atoms. The summed E-state index contributed by atoms with van der Waals surface area (Å²) in [6, 6.07) is 0. The first-order chi connectivity index (χ1) is 8.20. The van der Waals surface area contributed by atoms with E-state index in [-0.39, 0.29) is 0 Å². The maximum Gasteiger partial charge on any atom is 0.330 e. The van der Waals surface area contributed by atoms with Crippen LogP contribution in [0.25, 0.3) is 0 Å². The van der Waals surface area contributed by atoms with Gasteiger partial charge in [-0.1, -0.05) is 45.3 Å². The van der Waals surface area contributed by atoms with Crippen LogP contribution >= 0.6 is 0 Å². The fraction of sp³-hybridized carbons (Fsp3) is 0.733. The van der Waals surface area contributed by atoms with Gasteiger partial charge in [0.05, 0.1) is 11.2 Å². The normalized spacial score (nSPS) is 11.0. The van der Waals surface area contributed by atoms with Crippen molar-refractivity contribution in [3.8, 4) is 0 Å². The van der Waals surface area contributed by atoms with Gasteiger partial charge in [-0.25, -0.2) is 0 Å². The summed E-state index contributed by atoms with van der Waals surface area (Å²) in [5, 5.41) is 9.80. The van der Waals surface area contributed by atoms with Crippen molar-refractivity contribution < 1.29 is 9.76 Å². The van der Waals surface area contributed by atoms with Crippen LogP contribution in [0.1, 0.15) is 62.3 Å². The van der Waals surface area contributed by atoms with Crippen molar-refractivity contribution in [3.63, 3.8) is 0 Å². The Hall–Kier alpha value is -0.535. The minimum absolute atomic E-state index is 0.627. The summed E-state index contributed by atoms with van der Waals surface area (Å²) in [6.07, 6.45) is 3.74. The van der Waals surface area contributed by atoms with E-state index in [0.717, 1.165) is 5.47 Å². The maximum atomic E-state index is 9.80. The third-order valence-corrected chi connectivity index (χ3v) is 2.36. The van der Waals surface area contributed by atoms with Crippen LogP contribution in [0.4, 0.5) is 0 Å². The van der Waals surface area contributed by atoms with Gasteiger partial charge >= 0.3 is 7.48 Å². The molecule has 0 saturated heterocycles. The molecule has 0 aliphatic rings. The lowest BCUT2D eigenvalue weighted by Crippen LogP contribution is -2.48. The van der Waals surface area contributed by atoms with E-state index >= 15 is 0 Å². The average Bonchev–Trinajstić information content (AvgIpc) is 2.31. The van der Waals surface area contributed by atoms with Crippen molar-refractivity contribution in [2.45, 2.75) is 73.5 Å². The molecule has 0 aliphatic carbocycles. The van der Waals surface area contributed by atoms with Gasteiger partial charge < -0.3 is 9.76 Å². The minimum atomic E-state index is -0.889. The molecule has 1 N–H and O–H groups in total. The molecule has 0 spiro atoms. The Morgan fingerprint density at radius 1 is 1.11 bits per heavy atom. The highest BCUT2D eigenvalue weighted by Gasteiger charge is 2.35. The van der Waals surface area contributed by atoms with Gasteiger partial charge in [0.25, 0.3) is 0 Å². The zero-order valence-corrected chi connectivity index (χ0v) is 13.8. The summed E-state index contributed by atoms with van der Waals surface area (Å²) in [4.78, 5) is 0. The van der Waals surface area contributed by atoms with E-state index in [0.29, 0.717) is 0 Å². The monoisotopic (exact) mass is 255 g/mol. The standard InChI is InChI=1S/C11H20BO2.2C2H6/c1-7-8-9(2)12-14-11(5,6)10(3,4)13;2*1-2/h7-8,13H,2H2,1,3-6H3;2*1-2H3/b8-7-;;. The minimum Gasteiger partial charge on any atom is -0.427 e. The molecule has 107 valence electrons. The lowest BCUT2D eigenvalue weighted by atomic mass is 9.83. The maximum absolute atomic E-state index is 9.80. The average molecular weight is 255 g/mol. The summed E-state index contributed by atoms with van der Waals surface area (Å²) in [5.74, 6) is 0. The first-order valence-electron chi connectivity index (χ1n) is 6.76. The Morgan fingerprint density at radius 2 is 1.50 bits per heavy atom. The Labute approximate surface area is 115 Å². The van der Waals surface area contributed by atoms with E-state index in [1.165, 1.54) is 0 Å². The summed E-state index contributed by atoms with van der Waals surface area (Å²) < 4.78 is 5.48. The number of allylic oxidation sites excluding steroid dienone is 3. The van der Waals surface area contributed by atoms with E-state index in [2.05, 4.69) is 6.58 Å². The predicted molar refractivity (Wildman–Crippen MR) is 83.9 cm³/mol. The summed E-state index contributed by atoms with van der Waals surface area (Å²) >= 11 is 0. The molecule has 0 saturated carbocycles. The van der Waals surface area contributed by atoms with Gasteiger partial charge in [0.2, 0.25) is 0 Å². The highest BCUT2D eigenvalue weighted by molar-refractivity contribution is 6.39. The third-order valence-electron chi connectivity index (χ3n) is 2.36. The van der Waals surface area contributed by atoms with Crippen LogP contribution in [0.3, 0.4) is 0 Å². The van der Waals surface area contributed by atoms with Crippen molar-refractivity contribution >= 4 is 7.48 Å². The molecule has 0 atom stereocenters. The van der Waals surface area contributed by atoms with Crippen LogP contribution in [-0.4, -0.2) is 23.8 Å². The lowest BCUT2D eigenvalue weighted by molar-refractivity contribution is -0.0896. The van der Waals surface area contributed by atoms with Crippen LogP contribution in [-0.2, 0) is 4.65 Å². The molecule has 0 aromatic carbocycles.